The molecule has 1 unspecified atom stereocenters. The van der Waals surface area contributed by atoms with E-state index < -0.39 is 29.5 Å². The third-order valence-corrected chi connectivity index (χ3v) is 8.28. The number of rotatable bonds is 5. The summed E-state index contributed by atoms with van der Waals surface area (Å²) in [6.07, 6.45) is 9.33. The lowest BCUT2D eigenvalue weighted by molar-refractivity contribution is -0.139. The van der Waals surface area contributed by atoms with Gasteiger partial charge in [0.15, 0.2) is 10.8 Å². The van der Waals surface area contributed by atoms with Gasteiger partial charge in [0.2, 0.25) is 5.91 Å². The van der Waals surface area contributed by atoms with Gasteiger partial charge >= 0.3 is 0 Å². The summed E-state index contributed by atoms with van der Waals surface area (Å²) in [5.74, 6) is -0.142. The number of aromatic nitrogens is 3. The fraction of sp³-hybridized carbons (Fsp3) is 0.565. The molecule has 0 radical (unpaired) electrons. The van der Waals surface area contributed by atoms with Crippen LogP contribution in [-0.2, 0) is 14.3 Å². The molecule has 0 bridgehead atoms. The molecular weight excluding hydrogens is 478 g/mol. The Labute approximate surface area is 206 Å². The first-order chi connectivity index (χ1) is 16.4. The Kier molecular flexibility index (Phi) is 6.63. The van der Waals surface area contributed by atoms with E-state index in [0.29, 0.717) is 5.82 Å². The highest BCUT2D eigenvalue weighted by Crippen LogP contribution is 2.34. The Morgan fingerprint density at radius 3 is 2.65 bits per heavy atom. The number of alkyl halides is 1. The van der Waals surface area contributed by atoms with Crippen molar-refractivity contribution >= 4 is 40.5 Å². The normalized spacial score (nSPS) is 25.9. The molecule has 0 spiro atoms. The molecular formula is C23H26ClN5O4S. The first-order valence-electron chi connectivity index (χ1n) is 11.6. The van der Waals surface area contributed by atoms with Crippen molar-refractivity contribution in [1.82, 2.24) is 25.2 Å². The van der Waals surface area contributed by atoms with Crippen LogP contribution in [0.3, 0.4) is 0 Å². The van der Waals surface area contributed by atoms with Crippen molar-refractivity contribution in [3.63, 3.8) is 0 Å². The molecule has 2 aromatic rings. The molecule has 3 aliphatic rings. The van der Waals surface area contributed by atoms with Crippen LogP contribution >= 0.6 is 22.9 Å². The molecule has 180 valence electrons. The van der Waals surface area contributed by atoms with Crippen LogP contribution in [-0.4, -0.2) is 74.2 Å². The predicted octanol–water partition coefficient (Wildman–Crippen LogP) is 2.37. The summed E-state index contributed by atoms with van der Waals surface area (Å²) in [6, 6.07) is -1.41. The van der Waals surface area contributed by atoms with E-state index in [1.807, 2.05) is 0 Å². The van der Waals surface area contributed by atoms with Crippen LogP contribution in [0.1, 0.15) is 47.7 Å². The van der Waals surface area contributed by atoms with E-state index in [1.54, 1.807) is 25.5 Å². The van der Waals surface area contributed by atoms with Crippen molar-refractivity contribution < 1.29 is 19.1 Å². The lowest BCUT2D eigenvalue weighted by atomic mass is 9.83. The number of ketones is 1. The van der Waals surface area contributed by atoms with Crippen LogP contribution in [0, 0.1) is 12.8 Å². The average Bonchev–Trinajstić information content (AvgIpc) is 3.56. The topological polar surface area (TPSA) is 114 Å². The molecule has 2 aromatic heterocycles. The number of likely N-dealkylation sites (tertiary alicyclic amines) is 1. The maximum Gasteiger partial charge on any atom is 0.280 e. The molecule has 1 N–H and O–H groups in total. The molecule has 3 fully saturated rings. The molecule has 2 amide bonds. The smallest absolute Gasteiger partial charge is 0.280 e. The highest BCUT2D eigenvalue weighted by molar-refractivity contribution is 7.16. The number of thiazole rings is 1. The van der Waals surface area contributed by atoms with E-state index >= 15 is 0 Å². The summed E-state index contributed by atoms with van der Waals surface area (Å²) in [6.45, 7) is 2.00. The highest BCUT2D eigenvalue weighted by atomic mass is 35.5. The average molecular weight is 504 g/mol. The molecule has 9 nitrogen and oxygen atoms in total. The van der Waals surface area contributed by atoms with Gasteiger partial charge in [0.25, 0.3) is 5.91 Å². The minimum Gasteiger partial charge on any atom is -0.366 e. The third kappa shape index (κ3) is 4.46. The molecule has 34 heavy (non-hydrogen) atoms. The van der Waals surface area contributed by atoms with Crippen molar-refractivity contribution in [1.29, 1.82) is 0 Å². The van der Waals surface area contributed by atoms with Gasteiger partial charge in [-0.3, -0.25) is 14.4 Å². The van der Waals surface area contributed by atoms with Gasteiger partial charge in [0, 0.05) is 30.7 Å². The number of nitrogens with zero attached hydrogens (tertiary/aromatic N) is 4. The fourth-order valence-corrected chi connectivity index (χ4v) is 6.24. The van der Waals surface area contributed by atoms with Crippen molar-refractivity contribution in [2.75, 3.05) is 13.2 Å². The Morgan fingerprint density at radius 1 is 1.18 bits per heavy atom. The first-order valence-corrected chi connectivity index (χ1v) is 12.8. The largest absolute Gasteiger partial charge is 0.366 e. The summed E-state index contributed by atoms with van der Waals surface area (Å²) >= 11 is 7.63. The number of fused-ring (bicyclic) bond motifs is 1. The predicted molar refractivity (Wildman–Crippen MR) is 126 cm³/mol. The number of carbonyl (C=O) groups excluding carboxylic acids is 3. The maximum absolute atomic E-state index is 13.7. The van der Waals surface area contributed by atoms with E-state index in [4.69, 9.17) is 16.3 Å². The number of hydrogen-bond donors (Lipinski definition) is 1. The number of nitrogens with one attached hydrogen (secondary N) is 1. The summed E-state index contributed by atoms with van der Waals surface area (Å²) in [7, 11) is 0. The number of aryl methyl sites for hydroxylation is 1. The Balaban J connectivity index is 1.36. The second-order valence-corrected chi connectivity index (χ2v) is 10.7. The van der Waals surface area contributed by atoms with Crippen molar-refractivity contribution in [2.45, 2.75) is 62.6 Å². The molecule has 4 atom stereocenters. The highest BCUT2D eigenvalue weighted by Gasteiger charge is 2.53. The van der Waals surface area contributed by atoms with Gasteiger partial charge < -0.3 is 15.0 Å². The number of hydrogen-bond acceptors (Lipinski definition) is 8. The van der Waals surface area contributed by atoms with E-state index in [2.05, 4.69) is 20.3 Å². The van der Waals surface area contributed by atoms with Gasteiger partial charge in [0.1, 0.15) is 30.6 Å². The van der Waals surface area contributed by atoms with Crippen LogP contribution in [0.15, 0.2) is 18.6 Å². The number of amides is 2. The summed E-state index contributed by atoms with van der Waals surface area (Å²) in [4.78, 5) is 54.3. The minimum atomic E-state index is -0.737. The third-order valence-electron chi connectivity index (χ3n) is 6.84. The van der Waals surface area contributed by atoms with Crippen molar-refractivity contribution in [3.8, 4) is 10.4 Å². The Bertz CT molecular complexity index is 1090. The minimum absolute atomic E-state index is 0.000352. The van der Waals surface area contributed by atoms with Gasteiger partial charge in [-0.2, -0.15) is 0 Å². The van der Waals surface area contributed by atoms with Crippen LogP contribution < -0.4 is 5.32 Å². The maximum atomic E-state index is 13.7. The first kappa shape index (κ1) is 23.3. The van der Waals surface area contributed by atoms with Crippen LogP contribution in [0.25, 0.3) is 10.4 Å². The quantitative estimate of drug-likeness (QED) is 0.623. The van der Waals surface area contributed by atoms with E-state index in [-0.39, 0.29) is 35.8 Å². The monoisotopic (exact) mass is 503 g/mol. The zero-order valence-electron chi connectivity index (χ0n) is 18.8. The Morgan fingerprint density at radius 2 is 1.91 bits per heavy atom. The SMILES string of the molecule is Cc1ncc(-c2cnc(C(=O)NC(C(=O)N3C[C@H](Cl)[C@H]4OCC(=O)[C@H]43)C3CCCCC3)s2)cn1. The second-order valence-electron chi connectivity index (χ2n) is 9.09. The summed E-state index contributed by atoms with van der Waals surface area (Å²) < 4.78 is 5.53. The molecule has 2 saturated heterocycles. The van der Waals surface area contributed by atoms with Gasteiger partial charge in [-0.15, -0.1) is 22.9 Å². The van der Waals surface area contributed by atoms with Gasteiger partial charge in [0.05, 0.1) is 10.3 Å². The second kappa shape index (κ2) is 9.67. The van der Waals surface area contributed by atoms with Crippen molar-refractivity contribution in [2.24, 2.45) is 5.92 Å². The molecule has 1 saturated carbocycles. The standard InChI is InChI=1S/C23H26ClN5O4S/c1-12-25-7-14(8-26-12)17-9-27-22(34-17)21(31)28-18(13-5-3-2-4-6-13)23(32)29-10-15(24)20-19(29)16(30)11-33-20/h7-9,13,15,18-20H,2-6,10-11H2,1H3,(H,28,31)/t15-,18?,19+,20+/m0/s1. The molecule has 2 aliphatic heterocycles. The molecule has 4 heterocycles. The van der Waals surface area contributed by atoms with Crippen LogP contribution in [0.4, 0.5) is 0 Å². The number of halogens is 1. The van der Waals surface area contributed by atoms with E-state index in [1.165, 1.54) is 16.2 Å². The van der Waals surface area contributed by atoms with Gasteiger partial charge in [-0.1, -0.05) is 19.3 Å². The number of carbonyl (C=O) groups is 3. The van der Waals surface area contributed by atoms with Gasteiger partial charge in [-0.25, -0.2) is 15.0 Å². The lowest BCUT2D eigenvalue weighted by Crippen LogP contribution is -2.55. The summed E-state index contributed by atoms with van der Waals surface area (Å²) in [5, 5.41) is 2.77. The zero-order valence-corrected chi connectivity index (χ0v) is 20.3. The van der Waals surface area contributed by atoms with Crippen molar-refractivity contribution in [3.05, 3.63) is 29.4 Å². The van der Waals surface area contributed by atoms with Crippen LogP contribution in [0.5, 0.6) is 0 Å². The Hall–Kier alpha value is -2.43. The van der Waals surface area contributed by atoms with Gasteiger partial charge in [-0.05, 0) is 25.7 Å². The lowest BCUT2D eigenvalue weighted by Gasteiger charge is -2.34. The summed E-state index contributed by atoms with van der Waals surface area (Å²) in [5.41, 5.74) is 0.776. The fourth-order valence-electron chi connectivity index (χ4n) is 5.09. The molecule has 5 rings (SSSR count). The van der Waals surface area contributed by atoms with E-state index in [9.17, 15) is 14.4 Å². The number of Topliss-reactive ketones (excluding diaryl/α,β-unsaturated/α-hetero) is 1. The molecule has 1 aliphatic carbocycles. The van der Waals surface area contributed by atoms with Crippen LogP contribution in [0.2, 0.25) is 0 Å². The van der Waals surface area contributed by atoms with E-state index in [0.717, 1.165) is 42.5 Å². The molecule has 0 aromatic carbocycles. The molecule has 11 heteroatoms. The number of ether oxygens (including phenoxy) is 1. The zero-order chi connectivity index (χ0) is 23.8.